The number of benzene rings is 3. The molecule has 3 aromatic carbocycles. The van der Waals surface area contributed by atoms with E-state index >= 15 is 0 Å². The molecule has 2 unspecified atom stereocenters. The molecule has 1 aliphatic rings. The molecule has 11 nitrogen and oxygen atoms in total. The third-order valence-corrected chi connectivity index (χ3v) is 5.74. The minimum Gasteiger partial charge on any atom is -0.508 e. The topological polar surface area (TPSA) is 164 Å². The zero-order valence-electron chi connectivity index (χ0n) is 19.5. The lowest BCUT2D eigenvalue weighted by Gasteiger charge is -2.34. The maximum absolute atomic E-state index is 13.1. The molecule has 0 bridgehead atoms. The number of rotatable bonds is 6. The number of phenolic OH excluding ortho intramolecular Hbond substituents is 5. The Kier molecular flexibility index (Phi) is 6.47. The highest BCUT2D eigenvalue weighted by Crippen LogP contribution is 2.46. The molecule has 0 aliphatic carbocycles. The van der Waals surface area contributed by atoms with Crippen LogP contribution in [0.1, 0.15) is 27.6 Å². The average Bonchev–Trinajstić information content (AvgIpc) is 2.85. The van der Waals surface area contributed by atoms with Crippen LogP contribution in [0, 0.1) is 0 Å². The summed E-state index contributed by atoms with van der Waals surface area (Å²) in [6.45, 7) is 0. The van der Waals surface area contributed by atoms with Crippen molar-refractivity contribution in [3.63, 3.8) is 0 Å². The van der Waals surface area contributed by atoms with Gasteiger partial charge in [-0.2, -0.15) is 0 Å². The van der Waals surface area contributed by atoms with Crippen molar-refractivity contribution in [2.45, 2.75) is 18.6 Å². The largest absolute Gasteiger partial charge is 0.508 e. The van der Waals surface area contributed by atoms with Gasteiger partial charge >= 0.3 is 5.97 Å². The van der Waals surface area contributed by atoms with Crippen LogP contribution in [0.4, 0.5) is 0 Å². The Morgan fingerprint density at radius 2 is 1.50 bits per heavy atom. The lowest BCUT2D eigenvalue weighted by molar-refractivity contribution is -0.0189. The van der Waals surface area contributed by atoms with Crippen LogP contribution < -0.4 is 18.9 Å². The Morgan fingerprint density at radius 3 is 2.11 bits per heavy atom. The number of fused-ring (bicyclic) bond motifs is 1. The molecule has 0 spiro atoms. The molecule has 0 saturated heterocycles. The summed E-state index contributed by atoms with van der Waals surface area (Å²) in [6, 6.07) is 7.56. The van der Waals surface area contributed by atoms with Crippen molar-refractivity contribution in [1.29, 1.82) is 0 Å². The van der Waals surface area contributed by atoms with Gasteiger partial charge in [0.1, 0.15) is 23.4 Å². The number of carbonyl (C=O) groups excluding carboxylic acids is 1. The summed E-state index contributed by atoms with van der Waals surface area (Å²) in [5.41, 5.74) is 0.652. The molecular weight excluding hydrogens is 476 g/mol. The van der Waals surface area contributed by atoms with Crippen LogP contribution in [-0.4, -0.2) is 58.9 Å². The Hall–Kier alpha value is -4.67. The standard InChI is InChI=1S/C25H24O11/c1-32-18-8-13(26)9-19-14(18)10-21(23(35-19)11-4-15(27)22(30)16(28)5-11)36-25(31)12-6-17(29)24(34-3)20(7-12)33-2/h4-9,21,23,26-30H,10H2,1-3H3. The van der Waals surface area contributed by atoms with Gasteiger partial charge in [-0.15, -0.1) is 0 Å². The van der Waals surface area contributed by atoms with Crippen molar-refractivity contribution in [2.75, 3.05) is 21.3 Å². The van der Waals surface area contributed by atoms with Crippen molar-refractivity contribution >= 4 is 5.97 Å². The first-order valence-corrected chi connectivity index (χ1v) is 10.6. The fourth-order valence-corrected chi connectivity index (χ4v) is 4.06. The molecule has 0 saturated carbocycles. The minimum atomic E-state index is -1.07. The molecule has 1 aliphatic heterocycles. The molecule has 11 heteroatoms. The van der Waals surface area contributed by atoms with Crippen molar-refractivity contribution in [3.8, 4) is 51.7 Å². The normalized spacial score (nSPS) is 16.4. The zero-order valence-corrected chi connectivity index (χ0v) is 19.5. The van der Waals surface area contributed by atoms with Gasteiger partial charge in [-0.3, -0.25) is 0 Å². The molecule has 0 aromatic heterocycles. The predicted molar refractivity (Wildman–Crippen MR) is 124 cm³/mol. The maximum atomic E-state index is 13.1. The first kappa shape index (κ1) is 24.5. The summed E-state index contributed by atoms with van der Waals surface area (Å²) in [5, 5.41) is 50.1. The van der Waals surface area contributed by atoms with Gasteiger partial charge in [0.25, 0.3) is 0 Å². The van der Waals surface area contributed by atoms with E-state index in [1.54, 1.807) is 0 Å². The molecule has 4 rings (SSSR count). The monoisotopic (exact) mass is 500 g/mol. The van der Waals surface area contributed by atoms with E-state index < -0.39 is 35.4 Å². The Bertz CT molecular complexity index is 1290. The van der Waals surface area contributed by atoms with Gasteiger partial charge in [0, 0.05) is 29.7 Å². The number of esters is 1. The fraction of sp³-hybridized carbons (Fsp3) is 0.240. The Morgan fingerprint density at radius 1 is 0.833 bits per heavy atom. The van der Waals surface area contributed by atoms with E-state index in [0.29, 0.717) is 11.3 Å². The molecule has 36 heavy (non-hydrogen) atoms. The van der Waals surface area contributed by atoms with Crippen LogP contribution in [0.25, 0.3) is 0 Å². The highest BCUT2D eigenvalue weighted by atomic mass is 16.6. The van der Waals surface area contributed by atoms with E-state index in [9.17, 15) is 30.3 Å². The summed E-state index contributed by atoms with van der Waals surface area (Å²) >= 11 is 0. The van der Waals surface area contributed by atoms with Crippen LogP contribution in [0.5, 0.6) is 51.7 Å². The van der Waals surface area contributed by atoms with Crippen LogP contribution in [0.3, 0.4) is 0 Å². The SMILES string of the molecule is COc1cc(O)cc2c1CC(OC(=O)c1cc(O)c(OC)c(OC)c1)C(c1cc(O)c(O)c(O)c1)O2. The van der Waals surface area contributed by atoms with E-state index in [1.807, 2.05) is 0 Å². The smallest absolute Gasteiger partial charge is 0.338 e. The van der Waals surface area contributed by atoms with Crippen molar-refractivity contribution in [1.82, 2.24) is 0 Å². The Balaban J connectivity index is 1.76. The molecule has 1 heterocycles. The van der Waals surface area contributed by atoms with Gasteiger partial charge in [0.05, 0.1) is 26.9 Å². The number of phenols is 5. The second-order valence-electron chi connectivity index (χ2n) is 7.95. The fourth-order valence-electron chi connectivity index (χ4n) is 4.06. The quantitative estimate of drug-likeness (QED) is 0.249. The molecule has 0 radical (unpaired) electrons. The highest BCUT2D eigenvalue weighted by molar-refractivity contribution is 5.91. The number of aromatic hydroxyl groups is 5. The summed E-state index contributed by atoms with van der Waals surface area (Å²) < 4.78 is 27.4. The maximum Gasteiger partial charge on any atom is 0.338 e. The molecule has 5 N–H and O–H groups in total. The first-order valence-electron chi connectivity index (χ1n) is 10.6. The lowest BCUT2D eigenvalue weighted by Crippen LogP contribution is -2.35. The highest BCUT2D eigenvalue weighted by Gasteiger charge is 2.37. The van der Waals surface area contributed by atoms with Crippen molar-refractivity contribution < 1.29 is 54.0 Å². The number of carbonyl (C=O) groups is 1. The summed E-state index contributed by atoms with van der Waals surface area (Å²) in [7, 11) is 4.09. The first-order chi connectivity index (χ1) is 17.2. The number of hydrogen-bond acceptors (Lipinski definition) is 11. The van der Waals surface area contributed by atoms with Crippen LogP contribution >= 0.6 is 0 Å². The van der Waals surface area contributed by atoms with Gasteiger partial charge in [0.2, 0.25) is 5.75 Å². The molecule has 190 valence electrons. The van der Waals surface area contributed by atoms with Crippen LogP contribution in [0.2, 0.25) is 0 Å². The summed E-state index contributed by atoms with van der Waals surface area (Å²) in [6.07, 6.45) is -2.03. The number of ether oxygens (including phenoxy) is 5. The third-order valence-electron chi connectivity index (χ3n) is 5.74. The van der Waals surface area contributed by atoms with E-state index in [0.717, 1.165) is 18.2 Å². The molecule has 2 atom stereocenters. The minimum absolute atomic E-state index is 0.0382. The van der Waals surface area contributed by atoms with Gasteiger partial charge < -0.3 is 49.2 Å². The summed E-state index contributed by atoms with van der Waals surface area (Å²) in [4.78, 5) is 13.1. The van der Waals surface area contributed by atoms with Crippen LogP contribution in [-0.2, 0) is 11.2 Å². The van der Waals surface area contributed by atoms with E-state index in [4.69, 9.17) is 23.7 Å². The second kappa shape index (κ2) is 9.53. The predicted octanol–water partition coefficient (Wildman–Crippen LogP) is 3.14. The van der Waals surface area contributed by atoms with Gasteiger partial charge in [-0.1, -0.05) is 0 Å². The van der Waals surface area contributed by atoms with E-state index in [2.05, 4.69) is 0 Å². The lowest BCUT2D eigenvalue weighted by atomic mass is 9.93. The number of methoxy groups -OCH3 is 3. The Labute approximate surface area is 205 Å². The molecule has 0 amide bonds. The second-order valence-corrected chi connectivity index (χ2v) is 7.95. The van der Waals surface area contributed by atoms with E-state index in [1.165, 1.54) is 39.5 Å². The van der Waals surface area contributed by atoms with Gasteiger partial charge in [-0.25, -0.2) is 4.79 Å². The van der Waals surface area contributed by atoms with Crippen LogP contribution in [0.15, 0.2) is 36.4 Å². The molecular formula is C25H24O11. The molecule has 3 aromatic rings. The zero-order chi connectivity index (χ0) is 26.1. The van der Waals surface area contributed by atoms with Gasteiger partial charge in [-0.05, 0) is 24.3 Å². The van der Waals surface area contributed by atoms with Crippen molar-refractivity contribution in [2.24, 2.45) is 0 Å². The summed E-state index contributed by atoms with van der Waals surface area (Å²) in [5.74, 6) is -2.55. The molecule has 0 fully saturated rings. The van der Waals surface area contributed by atoms with Crippen molar-refractivity contribution in [3.05, 3.63) is 53.1 Å². The number of hydrogen-bond donors (Lipinski definition) is 5. The third kappa shape index (κ3) is 4.38. The average molecular weight is 500 g/mol. The van der Waals surface area contributed by atoms with E-state index in [-0.39, 0.29) is 46.3 Å². The van der Waals surface area contributed by atoms with Gasteiger partial charge in [0.15, 0.2) is 34.9 Å².